The lowest BCUT2D eigenvalue weighted by molar-refractivity contribution is 0.589. The molecule has 0 bridgehead atoms. The van der Waals surface area contributed by atoms with Crippen molar-refractivity contribution in [3.63, 3.8) is 0 Å². The molecule has 0 aliphatic heterocycles. The van der Waals surface area contributed by atoms with E-state index in [1.807, 2.05) is 0 Å². The van der Waals surface area contributed by atoms with Gasteiger partial charge >= 0.3 is 0 Å². The van der Waals surface area contributed by atoms with Gasteiger partial charge in [0.25, 0.3) is 0 Å². The van der Waals surface area contributed by atoms with Crippen LogP contribution in [0.15, 0.2) is 129 Å². The van der Waals surface area contributed by atoms with Crippen molar-refractivity contribution in [2.75, 3.05) is 0 Å². The SMILES string of the molecule is CC(C)(C)c1ccc(S(c2ccccc2)(c2ccccc2)c2ccc(C(C)(C)C)cc2)cc1. The molecule has 4 rings (SSSR count). The van der Waals surface area contributed by atoms with Gasteiger partial charge in [-0.3, -0.25) is 0 Å². The van der Waals surface area contributed by atoms with Crippen LogP contribution in [-0.2, 0) is 10.8 Å². The molecule has 0 amide bonds. The summed E-state index contributed by atoms with van der Waals surface area (Å²) < 4.78 is 0. The van der Waals surface area contributed by atoms with Crippen LogP contribution in [0.25, 0.3) is 0 Å². The second-order valence-corrected chi connectivity index (χ2v) is 13.9. The lowest BCUT2D eigenvalue weighted by atomic mass is 9.87. The Bertz CT molecular complexity index is 1080. The Morgan fingerprint density at radius 3 is 0.909 bits per heavy atom. The monoisotopic (exact) mass is 452 g/mol. The first-order valence-corrected chi connectivity index (χ1v) is 13.4. The van der Waals surface area contributed by atoms with Gasteiger partial charge in [-0.25, -0.2) is 0 Å². The molecule has 0 saturated heterocycles. The molecule has 0 N–H and O–H groups in total. The van der Waals surface area contributed by atoms with Gasteiger partial charge in [-0.05, 0) is 70.5 Å². The molecule has 33 heavy (non-hydrogen) atoms. The molecule has 0 spiro atoms. The fraction of sp³-hybridized carbons (Fsp3) is 0.250. The molecule has 1 heteroatoms. The third-order valence-corrected chi connectivity index (χ3v) is 10.3. The predicted octanol–water partition coefficient (Wildman–Crippen LogP) is 9.62. The maximum Gasteiger partial charge on any atom is 0.00231 e. The van der Waals surface area contributed by atoms with Gasteiger partial charge in [-0.1, -0.05) is 102 Å². The topological polar surface area (TPSA) is 0 Å². The molecule has 170 valence electrons. The lowest BCUT2D eigenvalue weighted by Crippen LogP contribution is -2.12. The summed E-state index contributed by atoms with van der Waals surface area (Å²) >= 11 is 0. The molecule has 0 saturated carbocycles. The molecule has 0 fully saturated rings. The summed E-state index contributed by atoms with van der Waals surface area (Å²) in [6, 6.07) is 40.9. The first kappa shape index (κ1) is 23.4. The van der Waals surface area contributed by atoms with Crippen molar-refractivity contribution in [2.24, 2.45) is 0 Å². The predicted molar refractivity (Wildman–Crippen MR) is 144 cm³/mol. The van der Waals surface area contributed by atoms with E-state index in [-0.39, 0.29) is 10.8 Å². The zero-order valence-electron chi connectivity index (χ0n) is 20.8. The summed E-state index contributed by atoms with van der Waals surface area (Å²) in [4.78, 5) is 5.47. The van der Waals surface area contributed by atoms with Crippen LogP contribution >= 0.6 is 10.0 Å². The molecular formula is C32H36S. The van der Waals surface area contributed by atoms with E-state index in [2.05, 4.69) is 151 Å². The zero-order chi connectivity index (χ0) is 23.7. The van der Waals surface area contributed by atoms with E-state index in [1.54, 1.807) is 0 Å². The van der Waals surface area contributed by atoms with E-state index in [0.29, 0.717) is 0 Å². The largest absolute Gasteiger partial charge is 0.133 e. The minimum atomic E-state index is -1.64. The van der Waals surface area contributed by atoms with Gasteiger partial charge in [0.05, 0.1) is 0 Å². The van der Waals surface area contributed by atoms with Crippen molar-refractivity contribution < 1.29 is 0 Å². The summed E-state index contributed by atoms with van der Waals surface area (Å²) in [5, 5.41) is 0. The number of rotatable bonds is 4. The average Bonchev–Trinajstić information content (AvgIpc) is 2.81. The van der Waals surface area contributed by atoms with Crippen LogP contribution in [0.4, 0.5) is 0 Å². The highest BCUT2D eigenvalue weighted by atomic mass is 32.3. The zero-order valence-corrected chi connectivity index (χ0v) is 21.6. The van der Waals surface area contributed by atoms with Gasteiger partial charge in [0.1, 0.15) is 0 Å². The van der Waals surface area contributed by atoms with Gasteiger partial charge in [0.2, 0.25) is 0 Å². The summed E-state index contributed by atoms with van der Waals surface area (Å²) in [6.07, 6.45) is 0. The maximum atomic E-state index is 2.37. The van der Waals surface area contributed by atoms with E-state index in [0.717, 1.165) is 0 Å². The van der Waals surface area contributed by atoms with Crippen molar-refractivity contribution in [2.45, 2.75) is 72.0 Å². The minimum absolute atomic E-state index is 0.129. The van der Waals surface area contributed by atoms with Crippen molar-refractivity contribution >= 4 is 10.0 Å². The van der Waals surface area contributed by atoms with E-state index < -0.39 is 10.0 Å². The number of hydrogen-bond donors (Lipinski definition) is 0. The fourth-order valence-corrected chi connectivity index (χ4v) is 8.24. The van der Waals surface area contributed by atoms with Crippen LogP contribution in [0, 0.1) is 0 Å². The average molecular weight is 453 g/mol. The highest BCUT2D eigenvalue weighted by molar-refractivity contribution is 8.34. The molecule has 0 radical (unpaired) electrons. The lowest BCUT2D eigenvalue weighted by Gasteiger charge is -2.42. The Balaban J connectivity index is 2.04. The Morgan fingerprint density at radius 2 is 0.636 bits per heavy atom. The van der Waals surface area contributed by atoms with Crippen molar-refractivity contribution in [3.8, 4) is 0 Å². The summed E-state index contributed by atoms with van der Waals surface area (Å²) in [6.45, 7) is 13.7. The molecule has 0 unspecified atom stereocenters. The highest BCUT2D eigenvalue weighted by Gasteiger charge is 2.33. The molecule has 0 aliphatic carbocycles. The van der Waals surface area contributed by atoms with Crippen molar-refractivity contribution in [1.29, 1.82) is 0 Å². The first-order valence-electron chi connectivity index (χ1n) is 11.8. The normalized spacial score (nSPS) is 13.0. The van der Waals surface area contributed by atoms with E-state index in [4.69, 9.17) is 0 Å². The second kappa shape index (κ2) is 8.88. The minimum Gasteiger partial charge on any atom is -0.133 e. The quantitative estimate of drug-likeness (QED) is 0.289. The fourth-order valence-electron chi connectivity index (χ4n) is 4.38. The van der Waals surface area contributed by atoms with E-state index in [1.165, 1.54) is 30.7 Å². The Hall–Kier alpha value is -2.77. The van der Waals surface area contributed by atoms with Gasteiger partial charge in [-0.15, -0.1) is 10.0 Å². The Morgan fingerprint density at radius 1 is 0.364 bits per heavy atom. The smallest absolute Gasteiger partial charge is 0.00231 e. The van der Waals surface area contributed by atoms with Crippen LogP contribution < -0.4 is 0 Å². The third-order valence-electron chi connectivity index (χ3n) is 6.34. The van der Waals surface area contributed by atoms with Crippen LogP contribution in [0.5, 0.6) is 0 Å². The summed E-state index contributed by atoms with van der Waals surface area (Å²) in [7, 11) is -1.64. The Kier molecular flexibility index (Phi) is 6.29. The first-order chi connectivity index (χ1) is 15.6. The van der Waals surface area contributed by atoms with Crippen LogP contribution in [0.3, 0.4) is 0 Å². The third kappa shape index (κ3) is 4.52. The van der Waals surface area contributed by atoms with Crippen LogP contribution in [0.2, 0.25) is 0 Å². The summed E-state index contributed by atoms with van der Waals surface area (Å²) in [5.41, 5.74) is 2.99. The highest BCUT2D eigenvalue weighted by Crippen LogP contribution is 2.73. The standard InChI is InChI=1S/C32H36S/c1-31(2,3)25-17-21-29(22-18-25)33(27-13-9-7-10-14-27,28-15-11-8-12-16-28)30-23-19-26(20-24-30)32(4,5)6/h7-24H,1-6H3. The molecule has 4 aromatic carbocycles. The van der Waals surface area contributed by atoms with Crippen molar-refractivity contribution in [1.82, 2.24) is 0 Å². The molecular weight excluding hydrogens is 416 g/mol. The van der Waals surface area contributed by atoms with Gasteiger partial charge in [-0.2, -0.15) is 0 Å². The summed E-state index contributed by atoms with van der Waals surface area (Å²) in [5.74, 6) is 0. The number of hydrogen-bond acceptors (Lipinski definition) is 0. The Labute approximate surface area is 202 Å². The van der Waals surface area contributed by atoms with Crippen LogP contribution in [0.1, 0.15) is 52.7 Å². The van der Waals surface area contributed by atoms with E-state index >= 15 is 0 Å². The van der Waals surface area contributed by atoms with Gasteiger partial charge < -0.3 is 0 Å². The molecule has 0 aliphatic rings. The van der Waals surface area contributed by atoms with Gasteiger partial charge in [0.15, 0.2) is 0 Å². The maximum absolute atomic E-state index is 2.37. The van der Waals surface area contributed by atoms with Crippen molar-refractivity contribution in [3.05, 3.63) is 120 Å². The molecule has 0 nitrogen and oxygen atoms in total. The van der Waals surface area contributed by atoms with Crippen LogP contribution in [-0.4, -0.2) is 0 Å². The molecule has 0 atom stereocenters. The molecule has 4 aromatic rings. The number of benzene rings is 4. The van der Waals surface area contributed by atoms with E-state index in [9.17, 15) is 0 Å². The second-order valence-electron chi connectivity index (χ2n) is 10.8. The molecule has 0 aromatic heterocycles. The van der Waals surface area contributed by atoms with Gasteiger partial charge in [0, 0.05) is 19.6 Å². The molecule has 0 heterocycles.